The number of nitrogens with zero attached hydrogens (tertiary/aromatic N) is 2. The fourth-order valence-electron chi connectivity index (χ4n) is 1.41. The Labute approximate surface area is 108 Å². The van der Waals surface area contributed by atoms with Gasteiger partial charge in [-0.15, -0.1) is 5.10 Å². The summed E-state index contributed by atoms with van der Waals surface area (Å²) in [4.78, 5) is 0. The Bertz CT molecular complexity index is 482. The van der Waals surface area contributed by atoms with Gasteiger partial charge >= 0.3 is 6.01 Å². The molecule has 0 radical (unpaired) electrons. The minimum Gasteiger partial charge on any atom is -0.407 e. The number of nitrogens with one attached hydrogen (secondary N) is 1. The largest absolute Gasteiger partial charge is 0.407 e. The van der Waals surface area contributed by atoms with Crippen LogP contribution in [0.1, 0.15) is 24.4 Å². The van der Waals surface area contributed by atoms with Crippen LogP contribution in [0.3, 0.4) is 0 Å². The monoisotopic (exact) mass is 296 g/mol. The average Bonchev–Trinajstić information content (AvgIpc) is 2.77. The summed E-state index contributed by atoms with van der Waals surface area (Å²) < 4.78 is 6.33. The summed E-state index contributed by atoms with van der Waals surface area (Å²) in [6.07, 6.45) is 0. The van der Waals surface area contributed by atoms with Crippen LogP contribution in [0.25, 0.3) is 0 Å². The van der Waals surface area contributed by atoms with Crippen molar-refractivity contribution < 1.29 is 4.42 Å². The van der Waals surface area contributed by atoms with Gasteiger partial charge in [-0.1, -0.05) is 33.2 Å². The van der Waals surface area contributed by atoms with Gasteiger partial charge in [-0.25, -0.2) is 0 Å². The van der Waals surface area contributed by atoms with Crippen molar-refractivity contribution in [3.63, 3.8) is 0 Å². The molecule has 1 unspecified atom stereocenters. The number of nitrogens with two attached hydrogens (primary N) is 1. The smallest absolute Gasteiger partial charge is 0.315 e. The molecule has 1 aromatic heterocycles. The van der Waals surface area contributed by atoms with E-state index in [2.05, 4.69) is 31.4 Å². The third-order valence-electron chi connectivity index (χ3n) is 2.35. The van der Waals surface area contributed by atoms with E-state index in [4.69, 9.17) is 10.2 Å². The minimum atomic E-state index is 0.0918. The number of hydrogen-bond acceptors (Lipinski definition) is 5. The van der Waals surface area contributed by atoms with Crippen molar-refractivity contribution >= 4 is 21.9 Å². The Morgan fingerprint density at radius 2 is 2.06 bits per heavy atom. The molecule has 17 heavy (non-hydrogen) atoms. The van der Waals surface area contributed by atoms with Crippen LogP contribution in [0.5, 0.6) is 0 Å². The zero-order chi connectivity index (χ0) is 12.3. The Kier molecular flexibility index (Phi) is 3.75. The van der Waals surface area contributed by atoms with Crippen LogP contribution >= 0.6 is 15.9 Å². The molecule has 2 rings (SSSR count). The van der Waals surface area contributed by atoms with Gasteiger partial charge in [0.15, 0.2) is 0 Å². The summed E-state index contributed by atoms with van der Waals surface area (Å²) in [5.41, 5.74) is 6.53. The lowest BCUT2D eigenvalue weighted by Crippen LogP contribution is -2.06. The van der Waals surface area contributed by atoms with E-state index in [-0.39, 0.29) is 12.6 Å². The van der Waals surface area contributed by atoms with Crippen molar-refractivity contribution in [1.82, 2.24) is 10.2 Å². The second-order valence-electron chi connectivity index (χ2n) is 3.62. The molecule has 2 aromatic rings. The van der Waals surface area contributed by atoms with Gasteiger partial charge in [0.25, 0.3) is 0 Å². The Morgan fingerprint density at radius 1 is 1.35 bits per heavy atom. The molecule has 0 aliphatic heterocycles. The Hall–Kier alpha value is -1.40. The lowest BCUT2D eigenvalue weighted by atomic mass is 10.1. The van der Waals surface area contributed by atoms with Gasteiger partial charge in [-0.05, 0) is 24.6 Å². The molecule has 0 fully saturated rings. The molecule has 0 saturated heterocycles. The van der Waals surface area contributed by atoms with Crippen molar-refractivity contribution in [2.24, 2.45) is 5.73 Å². The highest BCUT2D eigenvalue weighted by atomic mass is 79.9. The number of aromatic nitrogens is 2. The molecule has 5 nitrogen and oxygen atoms in total. The second-order valence-corrected chi connectivity index (χ2v) is 4.54. The number of hydrogen-bond donors (Lipinski definition) is 2. The molecule has 0 amide bonds. The Morgan fingerprint density at radius 3 is 2.65 bits per heavy atom. The van der Waals surface area contributed by atoms with Crippen LogP contribution in [0.2, 0.25) is 0 Å². The van der Waals surface area contributed by atoms with Crippen LogP contribution in [-0.4, -0.2) is 10.2 Å². The van der Waals surface area contributed by atoms with E-state index in [1.54, 1.807) is 0 Å². The third kappa shape index (κ3) is 3.04. The first-order valence-electron chi connectivity index (χ1n) is 5.23. The molecule has 1 heterocycles. The van der Waals surface area contributed by atoms with E-state index in [1.807, 2.05) is 31.2 Å². The number of benzene rings is 1. The molecule has 0 saturated carbocycles. The van der Waals surface area contributed by atoms with E-state index < -0.39 is 0 Å². The first kappa shape index (κ1) is 12.1. The zero-order valence-electron chi connectivity index (χ0n) is 9.35. The highest BCUT2D eigenvalue weighted by Gasteiger charge is 2.09. The van der Waals surface area contributed by atoms with Gasteiger partial charge in [-0.2, -0.15) is 0 Å². The molecule has 3 N–H and O–H groups in total. The normalized spacial score (nSPS) is 12.4. The van der Waals surface area contributed by atoms with E-state index >= 15 is 0 Å². The standard InChI is InChI=1S/C11H13BrN4O/c1-7(8-2-4-9(12)5-3-8)14-11-16-15-10(6-13)17-11/h2-5,7H,6,13H2,1H3,(H,14,16). The maximum atomic E-state index is 5.39. The maximum Gasteiger partial charge on any atom is 0.315 e. The molecule has 0 aliphatic carbocycles. The summed E-state index contributed by atoms with van der Waals surface area (Å²) >= 11 is 3.40. The van der Waals surface area contributed by atoms with E-state index in [0.717, 1.165) is 10.0 Å². The second kappa shape index (κ2) is 5.29. The number of rotatable bonds is 4. The van der Waals surface area contributed by atoms with Gasteiger partial charge in [0.05, 0.1) is 12.6 Å². The predicted octanol–water partition coefficient (Wildman–Crippen LogP) is 2.46. The highest BCUT2D eigenvalue weighted by molar-refractivity contribution is 9.10. The minimum absolute atomic E-state index is 0.0918. The summed E-state index contributed by atoms with van der Waals surface area (Å²) in [5, 5.41) is 10.8. The fourth-order valence-corrected chi connectivity index (χ4v) is 1.68. The molecular formula is C11H13BrN4O. The number of anilines is 1. The molecule has 0 bridgehead atoms. The van der Waals surface area contributed by atoms with Crippen LogP contribution in [0.15, 0.2) is 33.2 Å². The maximum absolute atomic E-state index is 5.39. The lowest BCUT2D eigenvalue weighted by molar-refractivity contribution is 0.503. The Balaban J connectivity index is 2.05. The van der Waals surface area contributed by atoms with Gasteiger partial charge in [0.2, 0.25) is 5.89 Å². The summed E-state index contributed by atoms with van der Waals surface area (Å²) in [6, 6.07) is 8.53. The van der Waals surface area contributed by atoms with Gasteiger partial charge in [-0.3, -0.25) is 0 Å². The third-order valence-corrected chi connectivity index (χ3v) is 2.88. The van der Waals surface area contributed by atoms with Crippen molar-refractivity contribution in [3.05, 3.63) is 40.2 Å². The van der Waals surface area contributed by atoms with Gasteiger partial charge in [0.1, 0.15) is 0 Å². The SMILES string of the molecule is CC(Nc1nnc(CN)o1)c1ccc(Br)cc1. The average molecular weight is 297 g/mol. The van der Waals surface area contributed by atoms with Crippen molar-refractivity contribution in [1.29, 1.82) is 0 Å². The quantitative estimate of drug-likeness (QED) is 0.906. The van der Waals surface area contributed by atoms with Crippen LogP contribution in [0, 0.1) is 0 Å². The summed E-state index contributed by atoms with van der Waals surface area (Å²) in [5.74, 6) is 0.426. The van der Waals surface area contributed by atoms with Gasteiger partial charge in [0, 0.05) is 4.47 Å². The first-order valence-corrected chi connectivity index (χ1v) is 6.03. The van der Waals surface area contributed by atoms with Crippen molar-refractivity contribution in [2.75, 3.05) is 5.32 Å². The zero-order valence-corrected chi connectivity index (χ0v) is 10.9. The molecule has 0 aliphatic rings. The molecular weight excluding hydrogens is 284 g/mol. The van der Waals surface area contributed by atoms with Crippen molar-refractivity contribution in [3.8, 4) is 0 Å². The molecule has 0 spiro atoms. The topological polar surface area (TPSA) is 77.0 Å². The van der Waals surface area contributed by atoms with Crippen LogP contribution in [0.4, 0.5) is 6.01 Å². The summed E-state index contributed by atoms with van der Waals surface area (Å²) in [6.45, 7) is 2.27. The van der Waals surface area contributed by atoms with E-state index in [9.17, 15) is 0 Å². The number of halogens is 1. The van der Waals surface area contributed by atoms with Crippen molar-refractivity contribution in [2.45, 2.75) is 19.5 Å². The molecule has 6 heteroatoms. The first-order chi connectivity index (χ1) is 8.19. The van der Waals surface area contributed by atoms with Crippen LogP contribution < -0.4 is 11.1 Å². The molecule has 1 aromatic carbocycles. The fraction of sp³-hybridized carbons (Fsp3) is 0.273. The molecule has 90 valence electrons. The highest BCUT2D eigenvalue weighted by Crippen LogP contribution is 2.20. The van der Waals surface area contributed by atoms with E-state index in [0.29, 0.717) is 11.9 Å². The van der Waals surface area contributed by atoms with E-state index in [1.165, 1.54) is 0 Å². The lowest BCUT2D eigenvalue weighted by Gasteiger charge is -2.11. The summed E-state index contributed by atoms with van der Waals surface area (Å²) in [7, 11) is 0. The predicted molar refractivity (Wildman–Crippen MR) is 68.4 cm³/mol. The van der Waals surface area contributed by atoms with Gasteiger partial charge < -0.3 is 15.5 Å². The molecule has 1 atom stereocenters. The van der Waals surface area contributed by atoms with Crippen LogP contribution in [-0.2, 0) is 6.54 Å².